The fourth-order valence-corrected chi connectivity index (χ4v) is 1.80. The number of methoxy groups -OCH3 is 2. The number of rotatable bonds is 10. The van der Waals surface area contributed by atoms with Crippen molar-refractivity contribution in [1.29, 1.82) is 0 Å². The summed E-state index contributed by atoms with van der Waals surface area (Å²) in [5.74, 6) is -0.899. The number of nitrogens with one attached hydrogen (secondary N) is 2. The molecule has 0 heterocycles. The number of benzene rings is 1. The van der Waals surface area contributed by atoms with Crippen LogP contribution in [0.4, 0.5) is 5.69 Å². The molecule has 136 valence electrons. The lowest BCUT2D eigenvalue weighted by atomic mass is 10.2. The number of amides is 2. The molecular weight excluding hydrogens is 332 g/mol. The number of carbonyl (C=O) groups is 2. The first-order valence-electron chi connectivity index (χ1n) is 7.38. The third-order valence-electron chi connectivity index (χ3n) is 2.97. The van der Waals surface area contributed by atoms with Gasteiger partial charge in [-0.1, -0.05) is 0 Å². The van der Waals surface area contributed by atoms with E-state index in [4.69, 9.17) is 9.47 Å². The highest BCUT2D eigenvalue weighted by atomic mass is 16.6. The molecule has 0 spiro atoms. The zero-order chi connectivity index (χ0) is 18.7. The normalized spacial score (nSPS) is 10.5. The maximum absolute atomic E-state index is 11.6. The Bertz CT molecular complexity index is 647. The van der Waals surface area contributed by atoms with Gasteiger partial charge < -0.3 is 14.8 Å². The minimum atomic E-state index is -0.594. The number of carbonyl (C=O) groups excluding carboxylic acids is 2. The van der Waals surface area contributed by atoms with E-state index in [2.05, 4.69) is 15.8 Å². The summed E-state index contributed by atoms with van der Waals surface area (Å²) in [4.78, 5) is 33.4. The average molecular weight is 352 g/mol. The number of nitro benzene ring substituents is 1. The summed E-state index contributed by atoms with van der Waals surface area (Å²) in [6.07, 6.45) is 1.52. The molecule has 0 aliphatic carbocycles. The molecule has 0 bridgehead atoms. The van der Waals surface area contributed by atoms with Crippen molar-refractivity contribution in [3.63, 3.8) is 0 Å². The molecule has 10 heteroatoms. The molecule has 0 radical (unpaired) electrons. The number of hydrazone groups is 1. The zero-order valence-electron chi connectivity index (χ0n) is 14.0. The molecule has 0 unspecified atom stereocenters. The van der Waals surface area contributed by atoms with Gasteiger partial charge in [0.1, 0.15) is 6.42 Å². The van der Waals surface area contributed by atoms with Crippen molar-refractivity contribution in [2.75, 3.05) is 27.4 Å². The molecule has 1 aromatic carbocycles. The van der Waals surface area contributed by atoms with Crippen molar-refractivity contribution in [2.24, 2.45) is 5.10 Å². The smallest absolute Gasteiger partial charge is 0.311 e. The Morgan fingerprint density at radius 2 is 2.08 bits per heavy atom. The molecule has 25 heavy (non-hydrogen) atoms. The van der Waals surface area contributed by atoms with Gasteiger partial charge >= 0.3 is 5.69 Å². The van der Waals surface area contributed by atoms with Gasteiger partial charge in [0.25, 0.3) is 0 Å². The van der Waals surface area contributed by atoms with E-state index < -0.39 is 16.7 Å². The maximum Gasteiger partial charge on any atom is 0.311 e. The molecular formula is C15H20N4O6. The van der Waals surface area contributed by atoms with E-state index in [0.29, 0.717) is 25.1 Å². The monoisotopic (exact) mass is 352 g/mol. The molecule has 0 aromatic heterocycles. The Hall–Kier alpha value is -3.01. The van der Waals surface area contributed by atoms with Gasteiger partial charge in [-0.25, -0.2) is 5.43 Å². The lowest BCUT2D eigenvalue weighted by molar-refractivity contribution is -0.385. The molecule has 0 aliphatic heterocycles. The Labute approximate surface area is 144 Å². The second-order valence-electron chi connectivity index (χ2n) is 4.85. The van der Waals surface area contributed by atoms with E-state index in [0.717, 1.165) is 0 Å². The largest absolute Gasteiger partial charge is 0.490 e. The van der Waals surface area contributed by atoms with Gasteiger partial charge in [0.2, 0.25) is 11.8 Å². The van der Waals surface area contributed by atoms with Crippen LogP contribution in [0, 0.1) is 10.1 Å². The standard InChI is InChI=1S/C15H20N4O6/c1-24-7-3-6-16-14(20)9-15(21)18-17-10-11-4-5-13(25-2)12(8-11)19(22)23/h4-5,8,10H,3,6-7,9H2,1-2H3,(H,16,20)(H,18,21)/b17-10+. The second-order valence-corrected chi connectivity index (χ2v) is 4.85. The van der Waals surface area contributed by atoms with Crippen LogP contribution >= 0.6 is 0 Å². The van der Waals surface area contributed by atoms with Gasteiger partial charge in [-0.2, -0.15) is 5.10 Å². The highest BCUT2D eigenvalue weighted by Gasteiger charge is 2.14. The predicted molar refractivity (Wildman–Crippen MR) is 89.5 cm³/mol. The van der Waals surface area contributed by atoms with E-state index in [1.807, 2.05) is 0 Å². The summed E-state index contributed by atoms with van der Waals surface area (Å²) in [5.41, 5.74) is 2.37. The summed E-state index contributed by atoms with van der Waals surface area (Å²) < 4.78 is 9.73. The van der Waals surface area contributed by atoms with E-state index in [-0.39, 0.29) is 17.9 Å². The molecule has 1 rings (SSSR count). The van der Waals surface area contributed by atoms with Gasteiger partial charge in [-0.15, -0.1) is 0 Å². The van der Waals surface area contributed by atoms with E-state index in [9.17, 15) is 19.7 Å². The van der Waals surface area contributed by atoms with Crippen LogP contribution in [-0.4, -0.2) is 50.3 Å². The summed E-state index contributed by atoms with van der Waals surface area (Å²) in [7, 11) is 2.89. The fraction of sp³-hybridized carbons (Fsp3) is 0.400. The number of ether oxygens (including phenoxy) is 2. The summed E-state index contributed by atoms with van der Waals surface area (Å²) in [6.45, 7) is 0.934. The van der Waals surface area contributed by atoms with Crippen LogP contribution in [-0.2, 0) is 14.3 Å². The lowest BCUT2D eigenvalue weighted by Gasteiger charge is -2.04. The molecule has 0 atom stereocenters. The Balaban J connectivity index is 2.49. The fourth-order valence-electron chi connectivity index (χ4n) is 1.80. The van der Waals surface area contributed by atoms with Crippen LogP contribution in [0.3, 0.4) is 0 Å². The Morgan fingerprint density at radius 3 is 2.72 bits per heavy atom. The summed E-state index contributed by atoms with van der Waals surface area (Å²) in [5, 5.41) is 17.2. The Kier molecular flexibility index (Phi) is 8.58. The number of hydrogen-bond donors (Lipinski definition) is 2. The van der Waals surface area contributed by atoms with Crippen LogP contribution in [0.5, 0.6) is 5.75 Å². The molecule has 0 fully saturated rings. The van der Waals surface area contributed by atoms with Crippen LogP contribution < -0.4 is 15.5 Å². The van der Waals surface area contributed by atoms with E-state index in [1.54, 1.807) is 13.2 Å². The van der Waals surface area contributed by atoms with Gasteiger partial charge in [-0.05, 0) is 18.6 Å². The molecule has 1 aromatic rings. The van der Waals surface area contributed by atoms with Crippen molar-refractivity contribution in [3.05, 3.63) is 33.9 Å². The third kappa shape index (κ3) is 7.40. The predicted octanol–water partition coefficient (Wildman–Crippen LogP) is 0.596. The van der Waals surface area contributed by atoms with Gasteiger partial charge in [-0.3, -0.25) is 19.7 Å². The molecule has 10 nitrogen and oxygen atoms in total. The van der Waals surface area contributed by atoms with Gasteiger partial charge in [0.05, 0.1) is 18.2 Å². The summed E-state index contributed by atoms with van der Waals surface area (Å²) >= 11 is 0. The summed E-state index contributed by atoms with van der Waals surface area (Å²) in [6, 6.07) is 4.23. The number of hydrogen-bond acceptors (Lipinski definition) is 7. The highest BCUT2D eigenvalue weighted by Crippen LogP contribution is 2.26. The van der Waals surface area contributed by atoms with E-state index in [1.165, 1.54) is 25.5 Å². The highest BCUT2D eigenvalue weighted by molar-refractivity contribution is 5.97. The molecule has 0 saturated carbocycles. The van der Waals surface area contributed by atoms with Crippen LogP contribution in [0.15, 0.2) is 23.3 Å². The maximum atomic E-state index is 11.6. The minimum absolute atomic E-state index is 0.122. The molecule has 0 saturated heterocycles. The van der Waals surface area contributed by atoms with Gasteiger partial charge in [0, 0.05) is 31.9 Å². The lowest BCUT2D eigenvalue weighted by Crippen LogP contribution is -2.30. The van der Waals surface area contributed by atoms with Crippen molar-refractivity contribution in [3.8, 4) is 5.75 Å². The number of nitro groups is 1. The zero-order valence-corrected chi connectivity index (χ0v) is 14.0. The first-order chi connectivity index (χ1) is 12.0. The topological polar surface area (TPSA) is 132 Å². The van der Waals surface area contributed by atoms with Crippen molar-refractivity contribution < 1.29 is 24.0 Å². The number of nitrogens with zero attached hydrogens (tertiary/aromatic N) is 2. The molecule has 2 N–H and O–H groups in total. The van der Waals surface area contributed by atoms with Crippen molar-refractivity contribution >= 4 is 23.7 Å². The Morgan fingerprint density at radius 1 is 1.32 bits per heavy atom. The van der Waals surface area contributed by atoms with Crippen LogP contribution in [0.1, 0.15) is 18.4 Å². The van der Waals surface area contributed by atoms with Crippen LogP contribution in [0.25, 0.3) is 0 Å². The van der Waals surface area contributed by atoms with Crippen molar-refractivity contribution in [1.82, 2.24) is 10.7 Å². The van der Waals surface area contributed by atoms with Crippen molar-refractivity contribution in [2.45, 2.75) is 12.8 Å². The molecule has 0 aliphatic rings. The van der Waals surface area contributed by atoms with E-state index >= 15 is 0 Å². The SMILES string of the molecule is COCCCNC(=O)CC(=O)N/N=C/c1ccc(OC)c([N+](=O)[O-])c1. The average Bonchev–Trinajstić information content (AvgIpc) is 2.58. The van der Waals surface area contributed by atoms with Crippen LogP contribution in [0.2, 0.25) is 0 Å². The quantitative estimate of drug-likeness (QED) is 0.208. The minimum Gasteiger partial charge on any atom is -0.490 e. The second kappa shape index (κ2) is 10.7. The first-order valence-corrected chi connectivity index (χ1v) is 7.38. The third-order valence-corrected chi connectivity index (χ3v) is 2.97. The first kappa shape index (κ1) is 20.0. The van der Waals surface area contributed by atoms with Gasteiger partial charge in [0.15, 0.2) is 5.75 Å². The molecule has 2 amide bonds.